The Labute approximate surface area is 130 Å². The van der Waals surface area contributed by atoms with Gasteiger partial charge in [0.1, 0.15) is 13.2 Å². The molecular formula is C15H13BrN2O3. The van der Waals surface area contributed by atoms with Gasteiger partial charge in [0.15, 0.2) is 11.5 Å². The Bertz CT molecular complexity index is 703. The molecule has 0 aliphatic carbocycles. The molecule has 0 saturated carbocycles. The minimum absolute atomic E-state index is 0.245. The lowest BCUT2D eigenvalue weighted by Crippen LogP contribution is -2.17. The third kappa shape index (κ3) is 2.80. The minimum Gasteiger partial charge on any atom is -0.486 e. The maximum atomic E-state index is 12.3. The number of fused-ring (bicyclic) bond motifs is 1. The summed E-state index contributed by atoms with van der Waals surface area (Å²) in [4.78, 5) is 12.3. The molecule has 0 radical (unpaired) electrons. The van der Waals surface area contributed by atoms with Crippen LogP contribution in [0.5, 0.6) is 11.5 Å². The normalized spacial score (nSPS) is 12.8. The summed E-state index contributed by atoms with van der Waals surface area (Å²) in [6, 6.07) is 10.5. The molecule has 0 saturated heterocycles. The topological polar surface area (TPSA) is 73.6 Å². The number of nitrogen functional groups attached to an aromatic ring is 1. The standard InChI is InChI=1S/C15H13BrN2O3/c16-10-4-2-1-3-9(10)15(19)18-12-8-14-13(7-11(12)17)20-5-6-21-14/h1-4,7-8H,5-6,17H2,(H,18,19). The molecule has 108 valence electrons. The van der Waals surface area contributed by atoms with Crippen LogP contribution in [-0.4, -0.2) is 19.1 Å². The predicted octanol–water partition coefficient (Wildman–Crippen LogP) is 3.05. The molecule has 0 bridgehead atoms. The number of hydrogen-bond donors (Lipinski definition) is 2. The van der Waals surface area contributed by atoms with Crippen LogP contribution >= 0.6 is 15.9 Å². The Morgan fingerprint density at radius 3 is 2.52 bits per heavy atom. The first-order valence-electron chi connectivity index (χ1n) is 6.40. The highest BCUT2D eigenvalue weighted by molar-refractivity contribution is 9.10. The van der Waals surface area contributed by atoms with E-state index in [1.165, 1.54) is 0 Å². The first kappa shape index (κ1) is 13.8. The summed E-state index contributed by atoms with van der Waals surface area (Å²) in [5.74, 6) is 0.932. The SMILES string of the molecule is Nc1cc2c(cc1NC(=O)c1ccccc1Br)OCCO2. The maximum absolute atomic E-state index is 12.3. The van der Waals surface area contributed by atoms with Crippen molar-refractivity contribution in [3.05, 3.63) is 46.4 Å². The molecule has 0 unspecified atom stereocenters. The van der Waals surface area contributed by atoms with E-state index < -0.39 is 0 Å². The van der Waals surface area contributed by atoms with E-state index in [4.69, 9.17) is 15.2 Å². The number of anilines is 2. The molecule has 6 heteroatoms. The second-order valence-electron chi connectivity index (χ2n) is 4.52. The van der Waals surface area contributed by atoms with Gasteiger partial charge in [0.25, 0.3) is 5.91 Å². The molecule has 2 aromatic carbocycles. The second kappa shape index (κ2) is 5.65. The number of carbonyl (C=O) groups excluding carboxylic acids is 1. The Hall–Kier alpha value is -2.21. The third-order valence-corrected chi connectivity index (χ3v) is 3.77. The fraction of sp³-hybridized carbons (Fsp3) is 0.133. The largest absolute Gasteiger partial charge is 0.486 e. The first-order chi connectivity index (χ1) is 10.1. The Balaban J connectivity index is 1.88. The second-order valence-corrected chi connectivity index (χ2v) is 5.37. The van der Waals surface area contributed by atoms with Gasteiger partial charge in [-0.25, -0.2) is 0 Å². The fourth-order valence-electron chi connectivity index (χ4n) is 2.05. The van der Waals surface area contributed by atoms with E-state index in [1.807, 2.05) is 12.1 Å². The highest BCUT2D eigenvalue weighted by Crippen LogP contribution is 2.37. The van der Waals surface area contributed by atoms with E-state index in [1.54, 1.807) is 24.3 Å². The monoisotopic (exact) mass is 348 g/mol. The van der Waals surface area contributed by atoms with Gasteiger partial charge in [-0.3, -0.25) is 4.79 Å². The molecule has 0 spiro atoms. The average molecular weight is 349 g/mol. The van der Waals surface area contributed by atoms with Gasteiger partial charge in [0.2, 0.25) is 0 Å². The number of rotatable bonds is 2. The molecule has 1 amide bonds. The molecule has 1 aliphatic heterocycles. The van der Waals surface area contributed by atoms with Gasteiger partial charge in [-0.05, 0) is 28.1 Å². The summed E-state index contributed by atoms with van der Waals surface area (Å²) in [6.07, 6.45) is 0. The molecule has 5 nitrogen and oxygen atoms in total. The van der Waals surface area contributed by atoms with Crippen molar-refractivity contribution >= 4 is 33.2 Å². The number of amides is 1. The number of nitrogens with one attached hydrogen (secondary N) is 1. The zero-order valence-electron chi connectivity index (χ0n) is 11.1. The van der Waals surface area contributed by atoms with Crippen molar-refractivity contribution in [3.63, 3.8) is 0 Å². The molecule has 1 heterocycles. The van der Waals surface area contributed by atoms with Gasteiger partial charge in [-0.15, -0.1) is 0 Å². The van der Waals surface area contributed by atoms with E-state index >= 15 is 0 Å². The molecule has 3 rings (SSSR count). The Kier molecular flexibility index (Phi) is 3.70. The minimum atomic E-state index is -0.245. The lowest BCUT2D eigenvalue weighted by Gasteiger charge is -2.20. The Morgan fingerprint density at radius 2 is 1.81 bits per heavy atom. The van der Waals surface area contributed by atoms with Gasteiger partial charge in [-0.1, -0.05) is 12.1 Å². The van der Waals surface area contributed by atoms with Crippen molar-refractivity contribution in [3.8, 4) is 11.5 Å². The zero-order chi connectivity index (χ0) is 14.8. The van der Waals surface area contributed by atoms with Crippen LogP contribution in [0.3, 0.4) is 0 Å². The number of benzene rings is 2. The summed E-state index contributed by atoms with van der Waals surface area (Å²) in [7, 11) is 0. The number of nitrogens with two attached hydrogens (primary N) is 1. The predicted molar refractivity (Wildman–Crippen MR) is 83.9 cm³/mol. The van der Waals surface area contributed by atoms with Gasteiger partial charge in [0.05, 0.1) is 16.9 Å². The van der Waals surface area contributed by atoms with E-state index in [-0.39, 0.29) is 5.91 Å². The van der Waals surface area contributed by atoms with Crippen LogP contribution in [0.4, 0.5) is 11.4 Å². The molecule has 2 aromatic rings. The number of hydrogen-bond acceptors (Lipinski definition) is 4. The van der Waals surface area contributed by atoms with E-state index in [2.05, 4.69) is 21.2 Å². The van der Waals surface area contributed by atoms with Gasteiger partial charge in [-0.2, -0.15) is 0 Å². The molecule has 1 aliphatic rings. The van der Waals surface area contributed by atoms with Crippen LogP contribution in [0.2, 0.25) is 0 Å². The van der Waals surface area contributed by atoms with Crippen LogP contribution in [0, 0.1) is 0 Å². The smallest absolute Gasteiger partial charge is 0.256 e. The Morgan fingerprint density at radius 1 is 1.14 bits per heavy atom. The summed E-state index contributed by atoms with van der Waals surface area (Å²) < 4.78 is 11.7. The molecular weight excluding hydrogens is 336 g/mol. The number of carbonyl (C=O) groups is 1. The van der Waals surface area contributed by atoms with E-state index in [9.17, 15) is 4.79 Å². The molecule has 0 aromatic heterocycles. The summed E-state index contributed by atoms with van der Waals surface area (Å²) in [6.45, 7) is 0.976. The molecule has 0 atom stereocenters. The van der Waals surface area contributed by atoms with Crippen molar-refractivity contribution in [1.82, 2.24) is 0 Å². The van der Waals surface area contributed by atoms with Gasteiger partial charge < -0.3 is 20.5 Å². The highest BCUT2D eigenvalue weighted by atomic mass is 79.9. The third-order valence-electron chi connectivity index (χ3n) is 3.08. The van der Waals surface area contributed by atoms with Crippen molar-refractivity contribution in [2.45, 2.75) is 0 Å². The van der Waals surface area contributed by atoms with Crippen molar-refractivity contribution in [2.75, 3.05) is 24.3 Å². The molecule has 21 heavy (non-hydrogen) atoms. The maximum Gasteiger partial charge on any atom is 0.256 e. The lowest BCUT2D eigenvalue weighted by molar-refractivity contribution is 0.102. The highest BCUT2D eigenvalue weighted by Gasteiger charge is 2.17. The average Bonchev–Trinajstić information content (AvgIpc) is 2.48. The van der Waals surface area contributed by atoms with Crippen LogP contribution in [-0.2, 0) is 0 Å². The molecule has 3 N–H and O–H groups in total. The number of halogens is 1. The summed E-state index contributed by atoms with van der Waals surface area (Å²) in [5, 5.41) is 2.79. The van der Waals surface area contributed by atoms with E-state index in [0.29, 0.717) is 41.7 Å². The quantitative estimate of drug-likeness (QED) is 0.818. The van der Waals surface area contributed by atoms with Gasteiger partial charge in [0, 0.05) is 16.6 Å². The van der Waals surface area contributed by atoms with Crippen molar-refractivity contribution in [1.29, 1.82) is 0 Å². The van der Waals surface area contributed by atoms with Crippen molar-refractivity contribution < 1.29 is 14.3 Å². The van der Waals surface area contributed by atoms with Gasteiger partial charge >= 0.3 is 0 Å². The van der Waals surface area contributed by atoms with E-state index in [0.717, 1.165) is 4.47 Å². The van der Waals surface area contributed by atoms with Crippen LogP contribution in [0.1, 0.15) is 10.4 Å². The van der Waals surface area contributed by atoms with Crippen LogP contribution < -0.4 is 20.5 Å². The van der Waals surface area contributed by atoms with Crippen LogP contribution in [0.15, 0.2) is 40.9 Å². The first-order valence-corrected chi connectivity index (χ1v) is 7.19. The molecule has 0 fully saturated rings. The lowest BCUT2D eigenvalue weighted by atomic mass is 10.2. The fourth-order valence-corrected chi connectivity index (χ4v) is 2.51. The van der Waals surface area contributed by atoms with Crippen LogP contribution in [0.25, 0.3) is 0 Å². The number of ether oxygens (including phenoxy) is 2. The van der Waals surface area contributed by atoms with Crippen molar-refractivity contribution in [2.24, 2.45) is 0 Å². The summed E-state index contributed by atoms with van der Waals surface area (Å²) in [5.41, 5.74) is 7.41. The summed E-state index contributed by atoms with van der Waals surface area (Å²) >= 11 is 3.35. The zero-order valence-corrected chi connectivity index (χ0v) is 12.6.